The largest absolute Gasteiger partial charge is 0.490 e. The first kappa shape index (κ1) is 14.3. The third kappa shape index (κ3) is 2.39. The van der Waals surface area contributed by atoms with E-state index in [0.29, 0.717) is 17.7 Å². The number of hydrogen-bond acceptors (Lipinski definition) is 4. The summed E-state index contributed by atoms with van der Waals surface area (Å²) >= 11 is 0. The molecule has 1 aromatic rings. The van der Waals surface area contributed by atoms with Gasteiger partial charge >= 0.3 is 0 Å². The minimum absolute atomic E-state index is 0.0358. The molecule has 2 aliphatic carbocycles. The summed E-state index contributed by atoms with van der Waals surface area (Å²) in [5, 5.41) is 21.0. The van der Waals surface area contributed by atoms with Crippen LogP contribution in [0.1, 0.15) is 44.1 Å². The van der Waals surface area contributed by atoms with Crippen LogP contribution in [0.3, 0.4) is 0 Å². The van der Waals surface area contributed by atoms with E-state index in [1.807, 2.05) is 0 Å². The van der Waals surface area contributed by atoms with Crippen LogP contribution in [0, 0.1) is 22.5 Å². The monoisotopic (exact) mass is 291 g/mol. The lowest BCUT2D eigenvalue weighted by molar-refractivity contribution is -0.385. The molecule has 1 aromatic carbocycles. The average Bonchev–Trinajstić information content (AvgIpc) is 2.47. The van der Waals surface area contributed by atoms with E-state index in [1.165, 1.54) is 12.5 Å². The molecule has 0 radical (unpaired) electrons. The predicted molar refractivity (Wildman–Crippen MR) is 78.4 cm³/mol. The number of nitrogens with zero attached hydrogens (tertiary/aromatic N) is 1. The Balaban J connectivity index is 1.75. The SMILES string of the molecule is Cc1cc(OC2CC(O)C23CCCCC3)ccc1[N+](=O)[O-]. The van der Waals surface area contributed by atoms with E-state index in [2.05, 4.69) is 0 Å². The molecule has 0 bridgehead atoms. The molecule has 2 unspecified atom stereocenters. The molecule has 0 aromatic heterocycles. The van der Waals surface area contributed by atoms with Crippen LogP contribution < -0.4 is 4.74 Å². The summed E-state index contributed by atoms with van der Waals surface area (Å²) in [5.41, 5.74) is 0.631. The quantitative estimate of drug-likeness (QED) is 0.684. The van der Waals surface area contributed by atoms with Crippen molar-refractivity contribution in [3.05, 3.63) is 33.9 Å². The zero-order valence-electron chi connectivity index (χ0n) is 12.2. The van der Waals surface area contributed by atoms with E-state index in [1.54, 1.807) is 19.1 Å². The number of nitro groups is 1. The van der Waals surface area contributed by atoms with Crippen molar-refractivity contribution in [3.8, 4) is 5.75 Å². The van der Waals surface area contributed by atoms with E-state index in [0.717, 1.165) is 25.7 Å². The zero-order valence-corrected chi connectivity index (χ0v) is 12.2. The summed E-state index contributed by atoms with van der Waals surface area (Å²) in [5.74, 6) is 0.667. The molecule has 0 amide bonds. The maximum Gasteiger partial charge on any atom is 0.272 e. The zero-order chi connectivity index (χ0) is 15.0. The van der Waals surface area contributed by atoms with Crippen molar-refractivity contribution in [1.82, 2.24) is 0 Å². The minimum Gasteiger partial charge on any atom is -0.490 e. The van der Waals surface area contributed by atoms with Gasteiger partial charge in [-0.15, -0.1) is 0 Å². The standard InChI is InChI=1S/C16H21NO4/c1-11-9-12(5-6-13(11)17(19)20)21-15-10-14(18)16(15)7-3-2-4-8-16/h5-6,9,14-15,18H,2-4,7-8,10H2,1H3. The molecule has 0 heterocycles. The topological polar surface area (TPSA) is 72.6 Å². The van der Waals surface area contributed by atoms with E-state index in [9.17, 15) is 15.2 Å². The fraction of sp³-hybridized carbons (Fsp3) is 0.625. The first-order chi connectivity index (χ1) is 10.0. The Kier molecular flexibility index (Phi) is 3.61. The predicted octanol–water partition coefficient (Wildman–Crippen LogP) is 3.37. The fourth-order valence-corrected chi connectivity index (χ4v) is 3.83. The van der Waals surface area contributed by atoms with Crippen LogP contribution in [0.5, 0.6) is 5.75 Å². The van der Waals surface area contributed by atoms with Crippen molar-refractivity contribution in [1.29, 1.82) is 0 Å². The summed E-state index contributed by atoms with van der Waals surface area (Å²) in [4.78, 5) is 10.5. The van der Waals surface area contributed by atoms with E-state index >= 15 is 0 Å². The second-order valence-corrected chi connectivity index (χ2v) is 6.36. The van der Waals surface area contributed by atoms with Crippen molar-refractivity contribution in [2.75, 3.05) is 0 Å². The third-order valence-corrected chi connectivity index (χ3v) is 5.17. The molecule has 2 atom stereocenters. The first-order valence-electron chi connectivity index (χ1n) is 7.63. The molecule has 2 saturated carbocycles. The number of aliphatic hydroxyl groups is 1. The number of nitro benzene ring substituents is 1. The third-order valence-electron chi connectivity index (χ3n) is 5.17. The van der Waals surface area contributed by atoms with E-state index in [-0.39, 0.29) is 28.2 Å². The van der Waals surface area contributed by atoms with Gasteiger partial charge < -0.3 is 9.84 Å². The number of benzene rings is 1. The maximum atomic E-state index is 10.8. The molecule has 0 saturated heterocycles. The van der Waals surface area contributed by atoms with Crippen molar-refractivity contribution < 1.29 is 14.8 Å². The highest BCUT2D eigenvalue weighted by Crippen LogP contribution is 2.53. The number of aryl methyl sites for hydroxylation is 1. The van der Waals surface area contributed by atoms with E-state index in [4.69, 9.17) is 4.74 Å². The van der Waals surface area contributed by atoms with Crippen LogP contribution in [0.2, 0.25) is 0 Å². The van der Waals surface area contributed by atoms with Crippen LogP contribution in [0.4, 0.5) is 5.69 Å². The molecule has 0 aliphatic heterocycles. The normalized spacial score (nSPS) is 27.1. The highest BCUT2D eigenvalue weighted by molar-refractivity contribution is 5.44. The van der Waals surface area contributed by atoms with Gasteiger partial charge in [-0.2, -0.15) is 0 Å². The molecule has 1 spiro atoms. The molecule has 2 fully saturated rings. The molecular weight excluding hydrogens is 270 g/mol. The molecule has 1 N–H and O–H groups in total. The molecular formula is C16H21NO4. The smallest absolute Gasteiger partial charge is 0.272 e. The van der Waals surface area contributed by atoms with Gasteiger partial charge in [-0.05, 0) is 31.9 Å². The lowest BCUT2D eigenvalue weighted by Crippen LogP contribution is -2.60. The molecule has 114 valence electrons. The Morgan fingerprint density at radius 2 is 2.05 bits per heavy atom. The van der Waals surface area contributed by atoms with Crippen molar-refractivity contribution in [3.63, 3.8) is 0 Å². The maximum absolute atomic E-state index is 10.8. The summed E-state index contributed by atoms with van der Waals surface area (Å²) in [6.45, 7) is 1.72. The van der Waals surface area contributed by atoms with Gasteiger partial charge in [-0.3, -0.25) is 10.1 Å². The molecule has 3 rings (SSSR count). The molecule has 5 nitrogen and oxygen atoms in total. The number of ether oxygens (including phenoxy) is 1. The Bertz CT molecular complexity index is 551. The summed E-state index contributed by atoms with van der Waals surface area (Å²) in [6.07, 6.45) is 6.01. The average molecular weight is 291 g/mol. The van der Waals surface area contributed by atoms with Gasteiger partial charge in [0.2, 0.25) is 0 Å². The highest BCUT2D eigenvalue weighted by Gasteiger charge is 2.56. The lowest BCUT2D eigenvalue weighted by Gasteiger charge is -2.55. The van der Waals surface area contributed by atoms with Crippen molar-refractivity contribution in [2.45, 2.75) is 57.7 Å². The minimum atomic E-state index is -0.380. The summed E-state index contributed by atoms with van der Waals surface area (Å²) in [6, 6.07) is 4.87. The van der Waals surface area contributed by atoms with Crippen molar-refractivity contribution >= 4 is 5.69 Å². The molecule has 5 heteroatoms. The number of aliphatic hydroxyl groups excluding tert-OH is 1. The Morgan fingerprint density at radius 3 is 2.62 bits per heavy atom. The Labute approximate surface area is 124 Å². The number of hydrogen-bond donors (Lipinski definition) is 1. The van der Waals surface area contributed by atoms with Gasteiger partial charge in [-0.1, -0.05) is 19.3 Å². The van der Waals surface area contributed by atoms with Crippen molar-refractivity contribution in [2.24, 2.45) is 5.41 Å². The van der Waals surface area contributed by atoms with Gasteiger partial charge in [0.25, 0.3) is 5.69 Å². The molecule has 21 heavy (non-hydrogen) atoms. The second-order valence-electron chi connectivity index (χ2n) is 6.36. The lowest BCUT2D eigenvalue weighted by atomic mass is 9.56. The number of rotatable bonds is 3. The van der Waals surface area contributed by atoms with Gasteiger partial charge in [0, 0.05) is 23.5 Å². The van der Waals surface area contributed by atoms with Crippen LogP contribution in [0.25, 0.3) is 0 Å². The molecule has 2 aliphatic rings. The van der Waals surface area contributed by atoms with Gasteiger partial charge in [-0.25, -0.2) is 0 Å². The van der Waals surface area contributed by atoms with Gasteiger partial charge in [0.05, 0.1) is 11.0 Å². The van der Waals surface area contributed by atoms with Crippen LogP contribution in [-0.2, 0) is 0 Å². The second kappa shape index (κ2) is 5.30. The van der Waals surface area contributed by atoms with Crippen LogP contribution in [0.15, 0.2) is 18.2 Å². The van der Waals surface area contributed by atoms with E-state index < -0.39 is 0 Å². The fourth-order valence-electron chi connectivity index (χ4n) is 3.83. The van der Waals surface area contributed by atoms with Crippen LogP contribution in [-0.4, -0.2) is 22.2 Å². The highest BCUT2D eigenvalue weighted by atomic mass is 16.6. The Hall–Kier alpha value is -1.62. The summed E-state index contributed by atoms with van der Waals surface area (Å²) < 4.78 is 6.05. The van der Waals surface area contributed by atoms with Crippen LogP contribution >= 0.6 is 0 Å². The van der Waals surface area contributed by atoms with Gasteiger partial charge in [0.15, 0.2) is 0 Å². The van der Waals surface area contributed by atoms with Gasteiger partial charge in [0.1, 0.15) is 11.9 Å². The Morgan fingerprint density at radius 1 is 1.33 bits per heavy atom. The first-order valence-corrected chi connectivity index (χ1v) is 7.63. The summed E-state index contributed by atoms with van der Waals surface area (Å²) in [7, 11) is 0.